The summed E-state index contributed by atoms with van der Waals surface area (Å²) in [6.07, 6.45) is 0. The van der Waals surface area contributed by atoms with Gasteiger partial charge in [-0.25, -0.2) is 0 Å². The molecule has 1 aromatic heterocycles. The molecule has 0 aliphatic carbocycles. The number of hydrogen-bond donors (Lipinski definition) is 1. The van der Waals surface area contributed by atoms with E-state index in [1.54, 1.807) is 19.2 Å². The van der Waals surface area contributed by atoms with E-state index < -0.39 is 0 Å². The molecule has 0 aliphatic heterocycles. The van der Waals surface area contributed by atoms with Crippen molar-refractivity contribution >= 4 is 16.9 Å². The highest BCUT2D eigenvalue weighted by atomic mass is 16.5. The molecular formula is C19H19NO4. The molecular weight excluding hydrogens is 306 g/mol. The van der Waals surface area contributed by atoms with Crippen LogP contribution in [0, 0.1) is 0 Å². The van der Waals surface area contributed by atoms with Gasteiger partial charge >= 0.3 is 0 Å². The van der Waals surface area contributed by atoms with Gasteiger partial charge in [0.15, 0.2) is 17.1 Å². The molecule has 0 spiro atoms. The van der Waals surface area contributed by atoms with Crippen LogP contribution in [0.2, 0.25) is 0 Å². The van der Waals surface area contributed by atoms with Crippen LogP contribution in [0.5, 0.6) is 5.75 Å². The molecule has 0 fully saturated rings. The van der Waals surface area contributed by atoms with Gasteiger partial charge < -0.3 is 19.2 Å². The number of furan rings is 1. The van der Waals surface area contributed by atoms with Crippen LogP contribution in [0.4, 0.5) is 0 Å². The van der Waals surface area contributed by atoms with Gasteiger partial charge in [-0.05, 0) is 17.7 Å². The van der Waals surface area contributed by atoms with Crippen molar-refractivity contribution in [2.75, 3.05) is 20.3 Å². The van der Waals surface area contributed by atoms with Gasteiger partial charge in [-0.1, -0.05) is 42.5 Å². The molecule has 3 aromatic rings. The average Bonchev–Trinajstić information content (AvgIpc) is 3.06. The molecule has 1 amide bonds. The number of amides is 1. The first-order valence-corrected chi connectivity index (χ1v) is 7.74. The van der Waals surface area contributed by atoms with Crippen molar-refractivity contribution in [1.82, 2.24) is 5.32 Å². The topological polar surface area (TPSA) is 60.7 Å². The van der Waals surface area contributed by atoms with Crippen LogP contribution in [0.25, 0.3) is 11.0 Å². The van der Waals surface area contributed by atoms with Gasteiger partial charge in [-0.2, -0.15) is 0 Å². The van der Waals surface area contributed by atoms with E-state index in [1.165, 1.54) is 0 Å². The van der Waals surface area contributed by atoms with Gasteiger partial charge in [0, 0.05) is 11.9 Å². The van der Waals surface area contributed by atoms with Gasteiger partial charge in [-0.15, -0.1) is 0 Å². The summed E-state index contributed by atoms with van der Waals surface area (Å²) in [4.78, 5) is 12.1. The lowest BCUT2D eigenvalue weighted by molar-refractivity contribution is 0.0877. The minimum absolute atomic E-state index is 0.262. The Hall–Kier alpha value is -2.79. The maximum absolute atomic E-state index is 12.1. The molecule has 0 saturated heterocycles. The third kappa shape index (κ3) is 3.75. The zero-order valence-corrected chi connectivity index (χ0v) is 13.5. The van der Waals surface area contributed by atoms with E-state index in [0.29, 0.717) is 31.1 Å². The molecule has 2 aromatic carbocycles. The van der Waals surface area contributed by atoms with E-state index in [0.717, 1.165) is 10.9 Å². The molecule has 3 rings (SSSR count). The highest BCUT2D eigenvalue weighted by Crippen LogP contribution is 2.28. The SMILES string of the molecule is COc1cccc2cc(C(=O)NCCOCc3ccccc3)oc12. The molecule has 1 heterocycles. The number of methoxy groups -OCH3 is 1. The first-order valence-electron chi connectivity index (χ1n) is 7.74. The van der Waals surface area contributed by atoms with Crippen molar-refractivity contribution in [2.24, 2.45) is 0 Å². The normalized spacial score (nSPS) is 10.7. The van der Waals surface area contributed by atoms with Crippen molar-refractivity contribution in [3.8, 4) is 5.75 Å². The highest BCUT2D eigenvalue weighted by Gasteiger charge is 2.14. The quantitative estimate of drug-likeness (QED) is 0.677. The number of rotatable bonds is 7. The van der Waals surface area contributed by atoms with Gasteiger partial charge in [-0.3, -0.25) is 4.79 Å². The summed E-state index contributed by atoms with van der Waals surface area (Å²) in [6.45, 7) is 1.38. The van der Waals surface area contributed by atoms with Gasteiger partial charge in [0.1, 0.15) is 0 Å². The van der Waals surface area contributed by atoms with E-state index in [1.807, 2.05) is 42.5 Å². The third-order valence-corrected chi connectivity index (χ3v) is 3.60. The Kier molecular flexibility index (Phi) is 5.13. The smallest absolute Gasteiger partial charge is 0.287 e. The summed E-state index contributed by atoms with van der Waals surface area (Å²) >= 11 is 0. The van der Waals surface area contributed by atoms with Crippen molar-refractivity contribution in [2.45, 2.75) is 6.61 Å². The van der Waals surface area contributed by atoms with Gasteiger partial charge in [0.2, 0.25) is 0 Å². The number of fused-ring (bicyclic) bond motifs is 1. The largest absolute Gasteiger partial charge is 0.493 e. The Bertz CT molecular complexity index is 811. The van der Waals surface area contributed by atoms with Crippen LogP contribution in [0.1, 0.15) is 16.1 Å². The first-order chi connectivity index (χ1) is 11.8. The van der Waals surface area contributed by atoms with E-state index in [9.17, 15) is 4.79 Å². The van der Waals surface area contributed by atoms with Gasteiger partial charge in [0.25, 0.3) is 5.91 Å². The Labute approximate surface area is 140 Å². The summed E-state index contributed by atoms with van der Waals surface area (Å²) in [5.41, 5.74) is 1.68. The summed E-state index contributed by atoms with van der Waals surface area (Å²) in [5.74, 6) is 0.604. The second-order valence-corrected chi connectivity index (χ2v) is 5.28. The van der Waals surface area contributed by atoms with Crippen LogP contribution in [0.15, 0.2) is 59.0 Å². The second kappa shape index (κ2) is 7.66. The Balaban J connectivity index is 1.50. The van der Waals surface area contributed by atoms with Crippen molar-refractivity contribution < 1.29 is 18.7 Å². The fraction of sp³-hybridized carbons (Fsp3) is 0.211. The number of benzene rings is 2. The van der Waals surface area contributed by atoms with Crippen molar-refractivity contribution in [3.05, 3.63) is 65.9 Å². The van der Waals surface area contributed by atoms with Crippen LogP contribution < -0.4 is 10.1 Å². The fourth-order valence-electron chi connectivity index (χ4n) is 2.40. The van der Waals surface area contributed by atoms with Gasteiger partial charge in [0.05, 0.1) is 20.3 Å². The van der Waals surface area contributed by atoms with Crippen LogP contribution in [-0.2, 0) is 11.3 Å². The summed E-state index contributed by atoms with van der Waals surface area (Å²) in [6, 6.07) is 17.1. The molecule has 1 N–H and O–H groups in total. The van der Waals surface area contributed by atoms with E-state index in [4.69, 9.17) is 13.9 Å². The lowest BCUT2D eigenvalue weighted by atomic mass is 10.2. The molecule has 5 heteroatoms. The molecule has 0 atom stereocenters. The molecule has 0 saturated carbocycles. The third-order valence-electron chi connectivity index (χ3n) is 3.60. The lowest BCUT2D eigenvalue weighted by Gasteiger charge is -2.05. The number of nitrogens with one attached hydrogen (secondary N) is 1. The maximum atomic E-state index is 12.1. The zero-order valence-electron chi connectivity index (χ0n) is 13.5. The lowest BCUT2D eigenvalue weighted by Crippen LogP contribution is -2.26. The predicted octanol–water partition coefficient (Wildman–Crippen LogP) is 3.39. The molecule has 0 bridgehead atoms. The molecule has 0 aliphatic rings. The monoisotopic (exact) mass is 325 g/mol. The van der Waals surface area contributed by atoms with Crippen molar-refractivity contribution in [3.63, 3.8) is 0 Å². The van der Waals surface area contributed by atoms with E-state index in [2.05, 4.69) is 5.32 Å². The number of para-hydroxylation sites is 1. The molecule has 124 valence electrons. The standard InChI is InChI=1S/C19H19NO4/c1-22-16-9-5-8-15-12-17(24-18(15)16)19(21)20-10-11-23-13-14-6-3-2-4-7-14/h2-9,12H,10-11,13H2,1H3,(H,20,21). The van der Waals surface area contributed by atoms with Crippen LogP contribution in [0.3, 0.4) is 0 Å². The Morgan fingerprint density at radius 3 is 2.75 bits per heavy atom. The molecule has 24 heavy (non-hydrogen) atoms. The molecule has 5 nitrogen and oxygen atoms in total. The second-order valence-electron chi connectivity index (χ2n) is 5.28. The minimum atomic E-state index is -0.267. The zero-order chi connectivity index (χ0) is 16.8. The fourth-order valence-corrected chi connectivity index (χ4v) is 2.40. The minimum Gasteiger partial charge on any atom is -0.493 e. The summed E-state index contributed by atoms with van der Waals surface area (Å²) in [7, 11) is 1.57. The highest BCUT2D eigenvalue weighted by molar-refractivity contribution is 5.97. The summed E-state index contributed by atoms with van der Waals surface area (Å²) in [5, 5.41) is 3.62. The maximum Gasteiger partial charge on any atom is 0.287 e. The van der Waals surface area contributed by atoms with Crippen LogP contribution >= 0.6 is 0 Å². The number of ether oxygens (including phenoxy) is 2. The number of hydrogen-bond acceptors (Lipinski definition) is 4. The Morgan fingerprint density at radius 2 is 1.96 bits per heavy atom. The van der Waals surface area contributed by atoms with Crippen molar-refractivity contribution in [1.29, 1.82) is 0 Å². The van der Waals surface area contributed by atoms with E-state index in [-0.39, 0.29) is 11.7 Å². The molecule has 0 unspecified atom stereocenters. The summed E-state index contributed by atoms with van der Waals surface area (Å²) < 4.78 is 16.4. The number of carbonyl (C=O) groups excluding carboxylic acids is 1. The Morgan fingerprint density at radius 1 is 1.12 bits per heavy atom. The number of carbonyl (C=O) groups is 1. The van der Waals surface area contributed by atoms with E-state index >= 15 is 0 Å². The average molecular weight is 325 g/mol. The first kappa shape index (κ1) is 16.1. The van der Waals surface area contributed by atoms with Crippen LogP contribution in [-0.4, -0.2) is 26.2 Å². The molecule has 0 radical (unpaired) electrons. The predicted molar refractivity (Wildman–Crippen MR) is 91.2 cm³/mol.